The first-order chi connectivity index (χ1) is 24.0. The number of aliphatic carboxylic acids is 1. The second-order valence-corrected chi connectivity index (χ2v) is 14.2. The molecule has 0 radical (unpaired) electrons. The zero-order chi connectivity index (χ0) is 35.9. The van der Waals surface area contributed by atoms with Gasteiger partial charge in [-0.2, -0.15) is 0 Å². The van der Waals surface area contributed by atoms with Gasteiger partial charge in [-0.25, -0.2) is 9.59 Å². The molecule has 0 bridgehead atoms. The summed E-state index contributed by atoms with van der Waals surface area (Å²) in [7, 11) is 0. The van der Waals surface area contributed by atoms with Gasteiger partial charge in [0, 0.05) is 0 Å². The number of aliphatic hydroxyl groups is 5. The minimum atomic E-state index is -1.58. The van der Waals surface area contributed by atoms with Gasteiger partial charge < -0.3 is 59.1 Å². The number of aliphatic hydroxyl groups excluding tert-OH is 5. The van der Waals surface area contributed by atoms with E-state index in [1.54, 1.807) is 37.3 Å². The van der Waals surface area contributed by atoms with E-state index in [9.17, 15) is 40.2 Å². The third kappa shape index (κ3) is 9.21. The number of rotatable bonds is 13. The van der Waals surface area contributed by atoms with Crippen molar-refractivity contribution in [3.8, 4) is 0 Å². The maximum Gasteiger partial charge on any atom is 0.338 e. The number of carboxylic acid groups (broad SMARTS) is 1. The van der Waals surface area contributed by atoms with Gasteiger partial charge in [-0.15, -0.1) is 0 Å². The monoisotopic (exact) mass is 710 g/mol. The molecule has 5 rings (SSSR count). The molecular weight excluding hydrogens is 656 g/mol. The minimum absolute atomic E-state index is 0.0871. The number of carboxylic acids is 1. The Morgan fingerprint density at radius 2 is 1.54 bits per heavy atom. The van der Waals surface area contributed by atoms with E-state index in [0.717, 1.165) is 44.9 Å². The number of hydrogen-bond acceptors (Lipinski definition) is 13. The first-order valence-electron chi connectivity index (χ1n) is 18.1. The van der Waals surface area contributed by atoms with E-state index in [1.165, 1.54) is 0 Å². The Morgan fingerprint density at radius 1 is 0.820 bits per heavy atom. The van der Waals surface area contributed by atoms with Crippen molar-refractivity contribution in [3.05, 3.63) is 35.9 Å². The summed E-state index contributed by atoms with van der Waals surface area (Å²) in [5.74, 6) is -1.98. The van der Waals surface area contributed by atoms with E-state index in [1.807, 2.05) is 6.92 Å². The molecule has 2 aliphatic heterocycles. The Labute approximate surface area is 292 Å². The summed E-state index contributed by atoms with van der Waals surface area (Å²) in [4.78, 5) is 26.0. The normalized spacial score (nSPS) is 39.1. The van der Waals surface area contributed by atoms with Crippen molar-refractivity contribution in [1.29, 1.82) is 0 Å². The molecule has 1 aromatic rings. The maximum absolute atomic E-state index is 13.5. The number of carbonyl (C=O) groups is 2. The van der Waals surface area contributed by atoms with E-state index >= 15 is 0 Å². The Hall–Kier alpha value is -2.24. The molecule has 1 aromatic carbocycles. The lowest BCUT2D eigenvalue weighted by Gasteiger charge is -2.48. The fourth-order valence-corrected chi connectivity index (χ4v) is 7.77. The molecule has 2 heterocycles. The molecular formula is C36H54O14. The zero-order valence-electron chi connectivity index (χ0n) is 28.8. The predicted octanol–water partition coefficient (Wildman–Crippen LogP) is 1.91. The molecule has 0 unspecified atom stereocenters. The Morgan fingerprint density at radius 3 is 2.20 bits per heavy atom. The number of hydrogen-bond donors (Lipinski definition) is 6. The molecule has 0 aromatic heterocycles. The van der Waals surface area contributed by atoms with E-state index in [2.05, 4.69) is 0 Å². The van der Waals surface area contributed by atoms with Crippen LogP contribution in [0.1, 0.15) is 88.4 Å². The second kappa shape index (κ2) is 18.0. The minimum Gasteiger partial charge on any atom is -0.479 e. The van der Waals surface area contributed by atoms with Gasteiger partial charge in [0.15, 0.2) is 24.8 Å². The summed E-state index contributed by atoms with van der Waals surface area (Å²) in [5, 5.41) is 63.3. The van der Waals surface area contributed by atoms with Crippen LogP contribution in [-0.2, 0) is 33.2 Å². The van der Waals surface area contributed by atoms with Crippen LogP contribution in [0.4, 0.5) is 0 Å². The lowest BCUT2D eigenvalue weighted by atomic mass is 9.82. The lowest BCUT2D eigenvalue weighted by molar-refractivity contribution is -0.348. The largest absolute Gasteiger partial charge is 0.479 e. The number of carbonyl (C=O) groups excluding carboxylic acids is 1. The summed E-state index contributed by atoms with van der Waals surface area (Å²) in [6, 6.07) is 8.14. The third-order valence-corrected chi connectivity index (χ3v) is 10.7. The van der Waals surface area contributed by atoms with Crippen LogP contribution in [0.5, 0.6) is 0 Å². The molecule has 14 atom stereocenters. The molecule has 50 heavy (non-hydrogen) atoms. The molecule has 6 N–H and O–H groups in total. The van der Waals surface area contributed by atoms with Crippen LogP contribution in [0, 0.1) is 11.8 Å². The fourth-order valence-electron chi connectivity index (χ4n) is 7.77. The van der Waals surface area contributed by atoms with Gasteiger partial charge in [0.25, 0.3) is 0 Å². The number of esters is 1. The highest BCUT2D eigenvalue weighted by atomic mass is 16.7. The van der Waals surface area contributed by atoms with Crippen molar-refractivity contribution in [1.82, 2.24) is 0 Å². The number of benzene rings is 1. The van der Waals surface area contributed by atoms with Crippen molar-refractivity contribution < 1.29 is 68.6 Å². The van der Waals surface area contributed by atoms with Crippen molar-refractivity contribution in [2.75, 3.05) is 6.61 Å². The first kappa shape index (κ1) is 39.0. The van der Waals surface area contributed by atoms with Crippen LogP contribution in [0.2, 0.25) is 0 Å². The van der Waals surface area contributed by atoms with Gasteiger partial charge >= 0.3 is 11.9 Å². The molecule has 282 valence electrons. The van der Waals surface area contributed by atoms with Crippen molar-refractivity contribution in [2.24, 2.45) is 11.8 Å². The highest BCUT2D eigenvalue weighted by molar-refractivity contribution is 5.89. The van der Waals surface area contributed by atoms with Crippen molar-refractivity contribution in [3.63, 3.8) is 0 Å². The quantitative estimate of drug-likeness (QED) is 0.162. The molecule has 14 heteroatoms. The topological polar surface area (TPSA) is 211 Å². The van der Waals surface area contributed by atoms with Crippen LogP contribution in [0.3, 0.4) is 0 Å². The highest BCUT2D eigenvalue weighted by Gasteiger charge is 2.53. The highest BCUT2D eigenvalue weighted by Crippen LogP contribution is 2.38. The van der Waals surface area contributed by atoms with Crippen LogP contribution in [0.25, 0.3) is 0 Å². The summed E-state index contributed by atoms with van der Waals surface area (Å²) in [5.41, 5.74) is 0.198. The van der Waals surface area contributed by atoms with Crippen LogP contribution >= 0.6 is 0 Å². The van der Waals surface area contributed by atoms with E-state index < -0.39 is 98.3 Å². The second-order valence-electron chi connectivity index (χ2n) is 14.2. The van der Waals surface area contributed by atoms with Gasteiger partial charge in [0.05, 0.1) is 30.5 Å². The molecule has 0 spiro atoms. The van der Waals surface area contributed by atoms with Gasteiger partial charge in [-0.05, 0) is 50.2 Å². The maximum atomic E-state index is 13.5. The van der Waals surface area contributed by atoms with Crippen LogP contribution in [-0.4, -0.2) is 129 Å². The standard InChI is InChI=1S/C36H54O14/c1-3-21-15-10-16-23(30(21)50-35-29(41)28(40)26(38)19(2)45-35)47-36-32(49-34(44)22-13-8-5-9-14-22)31(27(39)25(18-37)48-36)46-24(33(42)43)17-20-11-6-4-7-12-20/h5,8-9,13-14,19-21,23-32,35-41H,3-4,6-7,10-12,15-18H2,1-2H3,(H,42,43)/t19-,21-,23+,24-,25+,26+,27-,28+,29-,30+,31-,32+,35-,36+/m0/s1. The molecule has 2 saturated heterocycles. The van der Waals surface area contributed by atoms with Crippen LogP contribution < -0.4 is 0 Å². The summed E-state index contributed by atoms with van der Waals surface area (Å²) in [6.45, 7) is 2.87. The van der Waals surface area contributed by atoms with Crippen molar-refractivity contribution >= 4 is 11.9 Å². The van der Waals surface area contributed by atoms with Gasteiger partial charge in [0.2, 0.25) is 0 Å². The Balaban J connectivity index is 1.44. The molecule has 0 amide bonds. The summed E-state index contributed by atoms with van der Waals surface area (Å²) < 4.78 is 36.8. The third-order valence-electron chi connectivity index (χ3n) is 10.7. The van der Waals surface area contributed by atoms with E-state index in [-0.39, 0.29) is 23.8 Å². The van der Waals surface area contributed by atoms with Gasteiger partial charge in [-0.1, -0.05) is 70.1 Å². The molecule has 14 nitrogen and oxygen atoms in total. The summed E-state index contributed by atoms with van der Waals surface area (Å²) in [6.07, 6.45) is -8.91. The Kier molecular flexibility index (Phi) is 14.0. The predicted molar refractivity (Wildman–Crippen MR) is 175 cm³/mol. The molecule has 2 saturated carbocycles. The SMILES string of the molecule is CC[C@H]1CCC[C@@H](O[C@@H]2O[C@H](CO)[C@H](O)[C@H](O[C@@H](CC3CCCCC3)C(=O)O)[C@H]2OC(=O)c2ccccc2)[C@@H]1O[C@@H]1O[C@@H](C)[C@@H](O)[C@@H](O)[C@@H]1O. The van der Waals surface area contributed by atoms with E-state index in [0.29, 0.717) is 12.8 Å². The zero-order valence-corrected chi connectivity index (χ0v) is 28.8. The smallest absolute Gasteiger partial charge is 0.338 e. The van der Waals surface area contributed by atoms with Gasteiger partial charge in [0.1, 0.15) is 36.6 Å². The average molecular weight is 711 g/mol. The average Bonchev–Trinajstić information content (AvgIpc) is 3.12. The lowest BCUT2D eigenvalue weighted by Crippen LogP contribution is -2.64. The fraction of sp³-hybridized carbons (Fsp3) is 0.778. The number of ether oxygens (including phenoxy) is 6. The van der Waals surface area contributed by atoms with Gasteiger partial charge in [-0.3, -0.25) is 0 Å². The Bertz CT molecular complexity index is 1210. The van der Waals surface area contributed by atoms with Crippen molar-refractivity contribution in [2.45, 2.75) is 158 Å². The summed E-state index contributed by atoms with van der Waals surface area (Å²) >= 11 is 0. The van der Waals surface area contributed by atoms with Crippen LogP contribution in [0.15, 0.2) is 30.3 Å². The molecule has 2 aliphatic carbocycles. The molecule has 4 aliphatic rings. The van der Waals surface area contributed by atoms with E-state index in [4.69, 9.17) is 28.4 Å². The first-order valence-corrected chi connectivity index (χ1v) is 18.1. The molecule has 4 fully saturated rings.